The van der Waals surface area contributed by atoms with Crippen LogP contribution >= 0.6 is 35.0 Å². The molecule has 1 heterocycles. The lowest BCUT2D eigenvalue weighted by molar-refractivity contribution is -0.115. The van der Waals surface area contributed by atoms with Gasteiger partial charge < -0.3 is 0 Å². The summed E-state index contributed by atoms with van der Waals surface area (Å²) in [7, 11) is 0. The van der Waals surface area contributed by atoms with Gasteiger partial charge in [-0.2, -0.15) is 0 Å². The second kappa shape index (κ2) is 5.68. The molecule has 102 valence electrons. The minimum Gasteiger partial charge on any atom is -0.295 e. The van der Waals surface area contributed by atoms with E-state index in [1.165, 1.54) is 0 Å². The number of carbonyl (C=O) groups excluding carboxylic acids is 1. The number of thioether (sulfide) groups is 1. The van der Waals surface area contributed by atoms with Gasteiger partial charge in [-0.15, -0.1) is 11.8 Å². The molecule has 0 unspecified atom stereocenters. The molecule has 0 saturated carbocycles. The number of hydrogen-bond acceptors (Lipinski definition) is 2. The van der Waals surface area contributed by atoms with Gasteiger partial charge in [0.2, 0.25) is 5.91 Å². The van der Waals surface area contributed by atoms with Gasteiger partial charge >= 0.3 is 0 Å². The van der Waals surface area contributed by atoms with Crippen molar-refractivity contribution in [3.8, 4) is 0 Å². The van der Waals surface area contributed by atoms with Crippen molar-refractivity contribution in [1.82, 2.24) is 0 Å². The molecule has 1 aliphatic rings. The number of halogens is 2. The molecule has 1 amide bonds. The number of anilines is 1. The molecule has 20 heavy (non-hydrogen) atoms. The van der Waals surface area contributed by atoms with Crippen LogP contribution in [0.2, 0.25) is 10.0 Å². The van der Waals surface area contributed by atoms with Gasteiger partial charge in [0.25, 0.3) is 0 Å². The highest BCUT2D eigenvalue weighted by Crippen LogP contribution is 2.44. The summed E-state index contributed by atoms with van der Waals surface area (Å²) in [5, 5.41) is 1.08. The predicted molar refractivity (Wildman–Crippen MR) is 85.6 cm³/mol. The minimum atomic E-state index is -0.102. The maximum Gasteiger partial charge on any atom is 0.238 e. The Hall–Kier alpha value is -1.16. The summed E-state index contributed by atoms with van der Waals surface area (Å²) in [6.45, 7) is 0. The molecule has 0 aliphatic carbocycles. The van der Waals surface area contributed by atoms with E-state index in [-0.39, 0.29) is 11.3 Å². The first-order valence-electron chi connectivity index (χ1n) is 6.10. The summed E-state index contributed by atoms with van der Waals surface area (Å²) >= 11 is 13.8. The number of benzene rings is 2. The summed E-state index contributed by atoms with van der Waals surface area (Å²) < 4.78 is 0. The molecule has 2 aromatic carbocycles. The van der Waals surface area contributed by atoms with Crippen molar-refractivity contribution in [3.05, 3.63) is 64.1 Å². The van der Waals surface area contributed by atoms with Gasteiger partial charge in [0, 0.05) is 21.3 Å². The fourth-order valence-electron chi connectivity index (χ4n) is 2.22. The molecular formula is C15H11Cl2NOS. The zero-order valence-corrected chi connectivity index (χ0v) is 12.8. The standard InChI is InChI=1S/C15H11Cl2NOS/c16-10-6-7-12(13(17)8-10)15-18(14(19)9-20-15)11-4-2-1-3-5-11/h1-8,15H,9H2/t15-/m1/s1. The van der Waals surface area contributed by atoms with Crippen LogP contribution < -0.4 is 4.90 Å². The van der Waals surface area contributed by atoms with E-state index in [0.717, 1.165) is 11.3 Å². The molecule has 2 aromatic rings. The zero-order chi connectivity index (χ0) is 14.1. The summed E-state index contributed by atoms with van der Waals surface area (Å²) in [5.41, 5.74) is 1.80. The van der Waals surface area contributed by atoms with Crippen LogP contribution in [-0.4, -0.2) is 11.7 Å². The normalized spacial score (nSPS) is 18.6. The Morgan fingerprint density at radius 1 is 1.10 bits per heavy atom. The molecule has 0 spiro atoms. The van der Waals surface area contributed by atoms with E-state index >= 15 is 0 Å². The van der Waals surface area contributed by atoms with Crippen LogP contribution in [0.5, 0.6) is 0 Å². The topological polar surface area (TPSA) is 20.3 Å². The number of rotatable bonds is 2. The predicted octanol–water partition coefficient (Wildman–Crippen LogP) is 4.77. The third-order valence-corrected chi connectivity index (χ3v) is 4.89. The molecule has 0 N–H and O–H groups in total. The molecule has 1 fully saturated rings. The van der Waals surface area contributed by atoms with Gasteiger partial charge in [-0.05, 0) is 24.3 Å². The molecule has 2 nitrogen and oxygen atoms in total. The van der Waals surface area contributed by atoms with Gasteiger partial charge in [-0.1, -0.05) is 47.5 Å². The number of amides is 1. The quantitative estimate of drug-likeness (QED) is 0.793. The third kappa shape index (κ3) is 2.53. The monoisotopic (exact) mass is 323 g/mol. The van der Waals surface area contributed by atoms with Gasteiger partial charge in [0.1, 0.15) is 5.37 Å². The van der Waals surface area contributed by atoms with E-state index in [1.54, 1.807) is 28.8 Å². The fourth-order valence-corrected chi connectivity index (χ4v) is 4.01. The van der Waals surface area contributed by atoms with Crippen molar-refractivity contribution >= 4 is 46.6 Å². The molecule has 5 heteroatoms. The Kier molecular flexibility index (Phi) is 3.92. The molecule has 1 atom stereocenters. The molecule has 1 saturated heterocycles. The lowest BCUT2D eigenvalue weighted by Gasteiger charge is -2.25. The second-order valence-corrected chi connectivity index (χ2v) is 6.34. The van der Waals surface area contributed by atoms with Crippen molar-refractivity contribution in [2.75, 3.05) is 10.7 Å². The van der Waals surface area contributed by atoms with E-state index in [1.807, 2.05) is 36.4 Å². The first-order valence-corrected chi connectivity index (χ1v) is 7.91. The lowest BCUT2D eigenvalue weighted by Crippen LogP contribution is -2.27. The van der Waals surface area contributed by atoms with Crippen LogP contribution in [0.4, 0.5) is 5.69 Å². The van der Waals surface area contributed by atoms with Crippen LogP contribution in [0, 0.1) is 0 Å². The first-order chi connectivity index (χ1) is 9.66. The average molecular weight is 324 g/mol. The van der Waals surface area contributed by atoms with E-state index in [0.29, 0.717) is 15.8 Å². The number of hydrogen-bond donors (Lipinski definition) is 0. The second-order valence-electron chi connectivity index (χ2n) is 4.43. The summed E-state index contributed by atoms with van der Waals surface area (Å²) in [6, 6.07) is 15.0. The van der Waals surface area contributed by atoms with E-state index in [4.69, 9.17) is 23.2 Å². The Balaban J connectivity index is 2.02. The summed E-state index contributed by atoms with van der Waals surface area (Å²) in [5.74, 6) is 0.552. The maximum atomic E-state index is 12.2. The van der Waals surface area contributed by atoms with Crippen LogP contribution in [-0.2, 0) is 4.79 Å². The Labute approximate surface area is 131 Å². The average Bonchev–Trinajstić information content (AvgIpc) is 2.81. The fraction of sp³-hybridized carbons (Fsp3) is 0.133. The minimum absolute atomic E-state index is 0.0946. The van der Waals surface area contributed by atoms with E-state index < -0.39 is 0 Å². The van der Waals surface area contributed by atoms with Gasteiger partial charge in [-0.3, -0.25) is 9.69 Å². The van der Waals surface area contributed by atoms with Gasteiger partial charge in [0.15, 0.2) is 0 Å². The highest BCUT2D eigenvalue weighted by molar-refractivity contribution is 8.00. The van der Waals surface area contributed by atoms with Gasteiger partial charge in [0.05, 0.1) is 5.75 Å². The van der Waals surface area contributed by atoms with Crippen molar-refractivity contribution < 1.29 is 4.79 Å². The van der Waals surface area contributed by atoms with Crippen molar-refractivity contribution in [2.45, 2.75) is 5.37 Å². The van der Waals surface area contributed by atoms with E-state index in [9.17, 15) is 4.79 Å². The summed E-state index contributed by atoms with van der Waals surface area (Å²) in [6.07, 6.45) is 0. The maximum absolute atomic E-state index is 12.2. The SMILES string of the molecule is O=C1CS[C@H](c2ccc(Cl)cc2Cl)N1c1ccccc1. The highest BCUT2D eigenvalue weighted by atomic mass is 35.5. The lowest BCUT2D eigenvalue weighted by atomic mass is 10.2. The zero-order valence-electron chi connectivity index (χ0n) is 10.4. The number of carbonyl (C=O) groups is 1. The van der Waals surface area contributed by atoms with Crippen molar-refractivity contribution in [1.29, 1.82) is 0 Å². The molecule has 0 radical (unpaired) electrons. The summed E-state index contributed by atoms with van der Waals surface area (Å²) in [4.78, 5) is 14.0. The van der Waals surface area contributed by atoms with Crippen molar-refractivity contribution in [3.63, 3.8) is 0 Å². The van der Waals surface area contributed by atoms with Crippen LogP contribution in [0.3, 0.4) is 0 Å². The van der Waals surface area contributed by atoms with Crippen LogP contribution in [0.1, 0.15) is 10.9 Å². The smallest absolute Gasteiger partial charge is 0.238 e. The van der Waals surface area contributed by atoms with Gasteiger partial charge in [-0.25, -0.2) is 0 Å². The first kappa shape index (κ1) is 13.8. The van der Waals surface area contributed by atoms with Crippen LogP contribution in [0.25, 0.3) is 0 Å². The highest BCUT2D eigenvalue weighted by Gasteiger charge is 2.34. The molecule has 0 aromatic heterocycles. The Morgan fingerprint density at radius 2 is 1.85 bits per heavy atom. The molecule has 1 aliphatic heterocycles. The Bertz CT molecular complexity index is 648. The van der Waals surface area contributed by atoms with Crippen molar-refractivity contribution in [2.24, 2.45) is 0 Å². The largest absolute Gasteiger partial charge is 0.295 e. The third-order valence-electron chi connectivity index (χ3n) is 3.13. The number of para-hydroxylation sites is 1. The van der Waals surface area contributed by atoms with Crippen LogP contribution in [0.15, 0.2) is 48.5 Å². The molecule has 0 bridgehead atoms. The number of nitrogens with zero attached hydrogens (tertiary/aromatic N) is 1. The Morgan fingerprint density at radius 3 is 2.55 bits per heavy atom. The molecular weight excluding hydrogens is 313 g/mol. The molecule has 3 rings (SSSR count). The van der Waals surface area contributed by atoms with E-state index in [2.05, 4.69) is 0 Å².